The van der Waals surface area contributed by atoms with Gasteiger partial charge in [0.1, 0.15) is 12.4 Å². The van der Waals surface area contributed by atoms with Crippen LogP contribution in [-0.4, -0.2) is 30.4 Å². The first-order valence-corrected chi connectivity index (χ1v) is 5.47. The van der Waals surface area contributed by atoms with Crippen molar-refractivity contribution in [3.05, 3.63) is 29.8 Å². The van der Waals surface area contributed by atoms with Crippen LogP contribution < -0.4 is 10.1 Å². The van der Waals surface area contributed by atoms with Gasteiger partial charge in [0, 0.05) is 18.2 Å². The van der Waals surface area contributed by atoms with E-state index in [2.05, 4.69) is 5.32 Å². The number of aliphatic hydroxyl groups is 1. The minimum absolute atomic E-state index is 0.00487. The van der Waals surface area contributed by atoms with Gasteiger partial charge in [0.2, 0.25) is 0 Å². The molecule has 0 spiro atoms. The summed E-state index contributed by atoms with van der Waals surface area (Å²) in [6.07, 6.45) is 0. The maximum atomic E-state index is 12.9. The number of ether oxygens (including phenoxy) is 1. The molecule has 0 fully saturated rings. The van der Waals surface area contributed by atoms with Gasteiger partial charge in [-0.1, -0.05) is 0 Å². The van der Waals surface area contributed by atoms with Crippen LogP contribution in [0.15, 0.2) is 18.2 Å². The number of hydrogen-bond acceptors (Lipinski definition) is 3. The predicted molar refractivity (Wildman–Crippen MR) is 61.0 cm³/mol. The fourth-order valence-corrected chi connectivity index (χ4v) is 1.37. The van der Waals surface area contributed by atoms with E-state index in [0.717, 1.165) is 12.1 Å². The van der Waals surface area contributed by atoms with Gasteiger partial charge in [-0.2, -0.15) is 0 Å². The highest BCUT2D eigenvalue weighted by Crippen LogP contribution is 2.15. The lowest BCUT2D eigenvalue weighted by Crippen LogP contribution is -2.40. The smallest absolute Gasteiger partial charge is 0.162 e. The van der Waals surface area contributed by atoms with E-state index in [0.29, 0.717) is 6.61 Å². The number of benzene rings is 1. The van der Waals surface area contributed by atoms with Crippen molar-refractivity contribution in [2.45, 2.75) is 25.9 Å². The highest BCUT2D eigenvalue weighted by atomic mass is 19.2. The number of hydrogen-bond donors (Lipinski definition) is 2. The summed E-state index contributed by atoms with van der Waals surface area (Å²) in [7, 11) is 0. The van der Waals surface area contributed by atoms with Gasteiger partial charge in [-0.25, -0.2) is 8.78 Å². The molecule has 0 radical (unpaired) electrons. The molecule has 2 N–H and O–H groups in total. The first-order valence-electron chi connectivity index (χ1n) is 5.47. The van der Waals surface area contributed by atoms with Crippen LogP contribution in [0.3, 0.4) is 0 Å². The topological polar surface area (TPSA) is 41.5 Å². The van der Waals surface area contributed by atoms with Crippen LogP contribution in [0.2, 0.25) is 0 Å². The molecule has 0 saturated heterocycles. The largest absolute Gasteiger partial charge is 0.492 e. The van der Waals surface area contributed by atoms with Crippen LogP contribution in [-0.2, 0) is 0 Å². The number of rotatable bonds is 6. The zero-order valence-electron chi connectivity index (χ0n) is 9.91. The van der Waals surface area contributed by atoms with Crippen LogP contribution in [0.25, 0.3) is 0 Å². The number of aliphatic hydroxyl groups excluding tert-OH is 1. The third-order valence-electron chi connectivity index (χ3n) is 2.23. The molecule has 0 aromatic heterocycles. The van der Waals surface area contributed by atoms with Crippen molar-refractivity contribution in [2.24, 2.45) is 0 Å². The van der Waals surface area contributed by atoms with Gasteiger partial charge in [-0.3, -0.25) is 0 Å². The van der Waals surface area contributed by atoms with Gasteiger partial charge in [0.05, 0.1) is 6.61 Å². The molecule has 1 aromatic carbocycles. The summed E-state index contributed by atoms with van der Waals surface area (Å²) in [6.45, 7) is 4.07. The molecule has 1 unspecified atom stereocenters. The molecule has 0 heterocycles. The van der Waals surface area contributed by atoms with Crippen molar-refractivity contribution in [3.8, 4) is 5.75 Å². The van der Waals surface area contributed by atoms with E-state index in [9.17, 15) is 8.78 Å². The van der Waals surface area contributed by atoms with Crippen LogP contribution in [0.4, 0.5) is 8.78 Å². The van der Waals surface area contributed by atoms with Gasteiger partial charge < -0.3 is 15.2 Å². The zero-order valence-corrected chi connectivity index (χ0v) is 9.91. The fraction of sp³-hybridized carbons (Fsp3) is 0.500. The van der Waals surface area contributed by atoms with Crippen LogP contribution in [0.1, 0.15) is 13.8 Å². The number of halogens is 2. The lowest BCUT2D eigenvalue weighted by molar-refractivity contribution is 0.215. The van der Waals surface area contributed by atoms with Gasteiger partial charge in [-0.05, 0) is 26.0 Å². The summed E-state index contributed by atoms with van der Waals surface area (Å²) in [6, 6.07) is 3.39. The predicted octanol–water partition coefficient (Wildman–Crippen LogP) is 1.70. The fourth-order valence-electron chi connectivity index (χ4n) is 1.37. The molecule has 17 heavy (non-hydrogen) atoms. The van der Waals surface area contributed by atoms with Crippen molar-refractivity contribution in [1.29, 1.82) is 0 Å². The normalized spacial score (nSPS) is 14.4. The van der Waals surface area contributed by atoms with E-state index in [-0.39, 0.29) is 24.4 Å². The van der Waals surface area contributed by atoms with Crippen molar-refractivity contribution in [1.82, 2.24) is 5.32 Å². The van der Waals surface area contributed by atoms with Crippen LogP contribution in [0, 0.1) is 11.6 Å². The quantitative estimate of drug-likeness (QED) is 0.801. The Labute approximate surface area is 99.4 Å². The van der Waals surface area contributed by atoms with Crippen LogP contribution >= 0.6 is 0 Å². The maximum Gasteiger partial charge on any atom is 0.162 e. The molecule has 1 rings (SSSR count). The average molecular weight is 245 g/mol. The Morgan fingerprint density at radius 1 is 1.24 bits per heavy atom. The molecule has 96 valence electrons. The molecule has 1 aromatic rings. The summed E-state index contributed by atoms with van der Waals surface area (Å²) >= 11 is 0. The highest BCUT2D eigenvalue weighted by Gasteiger charge is 2.08. The third kappa shape index (κ3) is 4.66. The summed E-state index contributed by atoms with van der Waals surface area (Å²) in [5.74, 6) is -1.53. The Morgan fingerprint density at radius 3 is 2.53 bits per heavy atom. The van der Waals surface area contributed by atoms with Gasteiger partial charge in [0.25, 0.3) is 0 Å². The van der Waals surface area contributed by atoms with Crippen molar-refractivity contribution in [2.75, 3.05) is 13.2 Å². The highest BCUT2D eigenvalue weighted by molar-refractivity contribution is 5.23. The lowest BCUT2D eigenvalue weighted by Gasteiger charge is -2.18. The molecule has 0 aliphatic carbocycles. The second kappa shape index (κ2) is 6.51. The third-order valence-corrected chi connectivity index (χ3v) is 2.23. The van der Waals surface area contributed by atoms with E-state index >= 15 is 0 Å². The summed E-state index contributed by atoms with van der Waals surface area (Å²) in [5.41, 5.74) is 0. The standard InChI is InChI=1S/C12H17F2NO2/c1-8(6-16)15-9(2)7-17-10-3-4-11(13)12(14)5-10/h3-5,8-9,15-16H,6-7H2,1-2H3/t8-,9?/m1/s1. The summed E-state index contributed by atoms with van der Waals surface area (Å²) in [4.78, 5) is 0. The Bertz CT molecular complexity index is 360. The summed E-state index contributed by atoms with van der Waals surface area (Å²) in [5, 5.41) is 11.9. The minimum Gasteiger partial charge on any atom is -0.492 e. The molecule has 0 amide bonds. The molecule has 0 bridgehead atoms. The molecular formula is C12H17F2NO2. The minimum atomic E-state index is -0.924. The molecule has 3 nitrogen and oxygen atoms in total. The lowest BCUT2D eigenvalue weighted by atomic mass is 10.3. The van der Waals surface area contributed by atoms with Gasteiger partial charge in [0.15, 0.2) is 11.6 Å². The molecular weight excluding hydrogens is 228 g/mol. The van der Waals surface area contributed by atoms with E-state index in [1.165, 1.54) is 6.07 Å². The van der Waals surface area contributed by atoms with E-state index in [1.807, 2.05) is 13.8 Å². The zero-order chi connectivity index (χ0) is 12.8. The van der Waals surface area contributed by atoms with E-state index < -0.39 is 11.6 Å². The van der Waals surface area contributed by atoms with E-state index in [4.69, 9.17) is 9.84 Å². The Hall–Kier alpha value is -1.20. The number of nitrogens with one attached hydrogen (secondary N) is 1. The Kier molecular flexibility index (Phi) is 5.31. The Morgan fingerprint density at radius 2 is 1.94 bits per heavy atom. The van der Waals surface area contributed by atoms with Crippen LogP contribution in [0.5, 0.6) is 5.75 Å². The average Bonchev–Trinajstić information content (AvgIpc) is 2.30. The molecule has 0 saturated carbocycles. The van der Waals surface area contributed by atoms with Crippen molar-refractivity contribution < 1.29 is 18.6 Å². The first kappa shape index (κ1) is 13.9. The monoisotopic (exact) mass is 245 g/mol. The first-order chi connectivity index (χ1) is 8.02. The Balaban J connectivity index is 2.42. The molecule has 0 aliphatic heterocycles. The van der Waals surface area contributed by atoms with Crippen molar-refractivity contribution >= 4 is 0 Å². The molecule has 0 aliphatic rings. The summed E-state index contributed by atoms with van der Waals surface area (Å²) < 4.78 is 30.8. The van der Waals surface area contributed by atoms with Gasteiger partial charge in [-0.15, -0.1) is 0 Å². The van der Waals surface area contributed by atoms with E-state index in [1.54, 1.807) is 0 Å². The molecule has 5 heteroatoms. The SMILES string of the molecule is CC(COc1ccc(F)c(F)c1)N[C@H](C)CO. The second-order valence-electron chi connectivity index (χ2n) is 4.04. The molecule has 2 atom stereocenters. The van der Waals surface area contributed by atoms with Gasteiger partial charge >= 0.3 is 0 Å². The second-order valence-corrected chi connectivity index (χ2v) is 4.04. The maximum absolute atomic E-state index is 12.9. The van der Waals surface area contributed by atoms with Crippen molar-refractivity contribution in [3.63, 3.8) is 0 Å².